The van der Waals surface area contributed by atoms with Crippen molar-refractivity contribution in [2.24, 2.45) is 0 Å². The van der Waals surface area contributed by atoms with Crippen LogP contribution in [0.3, 0.4) is 0 Å². The minimum atomic E-state index is -1.12. The van der Waals surface area contributed by atoms with Gasteiger partial charge in [-0.15, -0.1) is 0 Å². The Morgan fingerprint density at radius 3 is 2.42 bits per heavy atom. The van der Waals surface area contributed by atoms with Crippen molar-refractivity contribution in [1.29, 1.82) is 0 Å². The van der Waals surface area contributed by atoms with E-state index >= 15 is 0 Å². The van der Waals surface area contributed by atoms with E-state index in [1.165, 1.54) is 0 Å². The molecule has 1 saturated carbocycles. The second-order valence-corrected chi connectivity index (χ2v) is 8.80. The van der Waals surface area contributed by atoms with Gasteiger partial charge < -0.3 is 15.0 Å². The average molecular weight is 450 g/mol. The fourth-order valence-electron chi connectivity index (χ4n) is 4.40. The largest absolute Gasteiger partial charge is 0.497 e. The number of ether oxygens (including phenoxy) is 1. The lowest BCUT2D eigenvalue weighted by Crippen LogP contribution is -2.46. The summed E-state index contributed by atoms with van der Waals surface area (Å²) in [7, 11) is 1.61. The molecule has 0 radical (unpaired) electrons. The summed E-state index contributed by atoms with van der Waals surface area (Å²) in [6.07, 6.45) is 4.06. The lowest BCUT2D eigenvalue weighted by atomic mass is 9.85. The van der Waals surface area contributed by atoms with Crippen LogP contribution in [-0.4, -0.2) is 47.3 Å². The molecule has 174 valence electrons. The standard InChI is InChI=1S/C26H31N3O4/c1-3-4-16-26(20-8-6-5-7-9-20)24(31)29(25(32)27-26)18-23(30)28(21-12-13-21)17-19-10-14-22(33-2)15-11-19/h5-11,14-15,21H,3-4,12-13,16-18H2,1-2H3,(H,27,32). The summed E-state index contributed by atoms with van der Waals surface area (Å²) >= 11 is 0. The number of carbonyl (C=O) groups excluding carboxylic acids is 3. The molecule has 1 unspecified atom stereocenters. The van der Waals surface area contributed by atoms with Gasteiger partial charge in [-0.2, -0.15) is 0 Å². The predicted molar refractivity (Wildman–Crippen MR) is 124 cm³/mol. The topological polar surface area (TPSA) is 79.0 Å². The number of urea groups is 1. The third kappa shape index (κ3) is 4.72. The van der Waals surface area contributed by atoms with Crippen LogP contribution in [0.2, 0.25) is 0 Å². The van der Waals surface area contributed by atoms with Gasteiger partial charge in [0.2, 0.25) is 5.91 Å². The Balaban J connectivity index is 1.52. The zero-order chi connectivity index (χ0) is 23.4. The fraction of sp³-hybridized carbons (Fsp3) is 0.423. The van der Waals surface area contributed by atoms with Crippen molar-refractivity contribution in [3.63, 3.8) is 0 Å². The van der Waals surface area contributed by atoms with Crippen molar-refractivity contribution in [1.82, 2.24) is 15.1 Å². The molecule has 1 aliphatic carbocycles. The number of hydrogen-bond donors (Lipinski definition) is 1. The van der Waals surface area contributed by atoms with E-state index in [4.69, 9.17) is 4.74 Å². The summed E-state index contributed by atoms with van der Waals surface area (Å²) in [6.45, 7) is 2.24. The van der Waals surface area contributed by atoms with E-state index in [0.717, 1.165) is 47.5 Å². The van der Waals surface area contributed by atoms with Gasteiger partial charge in [0.15, 0.2) is 0 Å². The van der Waals surface area contributed by atoms with Crippen molar-refractivity contribution < 1.29 is 19.1 Å². The van der Waals surface area contributed by atoms with Crippen molar-refractivity contribution in [2.75, 3.05) is 13.7 Å². The van der Waals surface area contributed by atoms with Crippen molar-refractivity contribution >= 4 is 17.8 Å². The summed E-state index contributed by atoms with van der Waals surface area (Å²) in [5.41, 5.74) is 0.619. The highest BCUT2D eigenvalue weighted by Gasteiger charge is 2.52. The molecule has 1 heterocycles. The van der Waals surface area contributed by atoms with Crippen LogP contribution in [0.15, 0.2) is 54.6 Å². The summed E-state index contributed by atoms with van der Waals surface area (Å²) in [5.74, 6) is 0.198. The lowest BCUT2D eigenvalue weighted by molar-refractivity contribution is -0.140. The van der Waals surface area contributed by atoms with Gasteiger partial charge in [0, 0.05) is 12.6 Å². The first kappa shape index (κ1) is 22.8. The summed E-state index contributed by atoms with van der Waals surface area (Å²) in [4.78, 5) is 42.7. The van der Waals surface area contributed by atoms with E-state index in [2.05, 4.69) is 5.32 Å². The van der Waals surface area contributed by atoms with Crippen LogP contribution < -0.4 is 10.1 Å². The number of nitrogens with zero attached hydrogens (tertiary/aromatic N) is 2. The third-order valence-corrected chi connectivity index (χ3v) is 6.46. The molecule has 2 aliphatic rings. The van der Waals surface area contributed by atoms with Crippen LogP contribution in [0.25, 0.3) is 0 Å². The van der Waals surface area contributed by atoms with E-state index in [9.17, 15) is 14.4 Å². The summed E-state index contributed by atoms with van der Waals surface area (Å²) in [6, 6.07) is 16.6. The maximum atomic E-state index is 13.6. The summed E-state index contributed by atoms with van der Waals surface area (Å²) < 4.78 is 5.21. The number of carbonyl (C=O) groups is 3. The molecule has 0 bridgehead atoms. The van der Waals surface area contributed by atoms with Crippen LogP contribution in [0.1, 0.15) is 50.2 Å². The van der Waals surface area contributed by atoms with Crippen LogP contribution in [-0.2, 0) is 21.7 Å². The predicted octanol–water partition coefficient (Wildman–Crippen LogP) is 3.82. The molecular weight excluding hydrogens is 418 g/mol. The molecule has 7 heteroatoms. The third-order valence-electron chi connectivity index (χ3n) is 6.46. The molecule has 1 aliphatic heterocycles. The van der Waals surface area contributed by atoms with Crippen LogP contribution in [0, 0.1) is 0 Å². The molecule has 1 N–H and O–H groups in total. The van der Waals surface area contributed by atoms with Crippen LogP contribution in [0.4, 0.5) is 4.79 Å². The number of rotatable bonds is 10. The second kappa shape index (κ2) is 9.65. The molecule has 2 aromatic carbocycles. The van der Waals surface area contributed by atoms with E-state index in [1.807, 2.05) is 61.5 Å². The number of amides is 4. The van der Waals surface area contributed by atoms with Gasteiger partial charge in [-0.3, -0.25) is 14.5 Å². The van der Waals surface area contributed by atoms with Gasteiger partial charge in [0.05, 0.1) is 7.11 Å². The highest BCUT2D eigenvalue weighted by molar-refractivity contribution is 6.09. The molecule has 7 nitrogen and oxygen atoms in total. The molecule has 4 rings (SSSR count). The Bertz CT molecular complexity index is 1000. The van der Waals surface area contributed by atoms with E-state index in [1.54, 1.807) is 12.0 Å². The quantitative estimate of drug-likeness (QED) is 0.559. The first-order valence-corrected chi connectivity index (χ1v) is 11.6. The normalized spacial score (nSPS) is 20.0. The molecule has 0 spiro atoms. The number of imide groups is 1. The lowest BCUT2D eigenvalue weighted by Gasteiger charge is -2.28. The summed E-state index contributed by atoms with van der Waals surface area (Å²) in [5, 5.41) is 2.92. The molecule has 2 fully saturated rings. The van der Waals surface area contributed by atoms with Crippen molar-refractivity contribution in [3.8, 4) is 5.75 Å². The smallest absolute Gasteiger partial charge is 0.325 e. The number of methoxy groups -OCH3 is 1. The number of unbranched alkanes of at least 4 members (excludes halogenated alkanes) is 1. The molecule has 33 heavy (non-hydrogen) atoms. The van der Waals surface area contributed by atoms with E-state index < -0.39 is 11.6 Å². The average Bonchev–Trinajstić information content (AvgIpc) is 3.65. The first-order chi connectivity index (χ1) is 16.0. The molecule has 1 atom stereocenters. The van der Waals surface area contributed by atoms with E-state index in [-0.39, 0.29) is 24.4 Å². The van der Waals surface area contributed by atoms with Gasteiger partial charge in [0.1, 0.15) is 17.8 Å². The van der Waals surface area contributed by atoms with Crippen molar-refractivity contribution in [2.45, 2.75) is 57.2 Å². The van der Waals surface area contributed by atoms with Gasteiger partial charge in [0.25, 0.3) is 5.91 Å². The molecular formula is C26H31N3O4. The number of benzene rings is 2. The van der Waals surface area contributed by atoms with Crippen molar-refractivity contribution in [3.05, 3.63) is 65.7 Å². The Labute approximate surface area is 194 Å². The maximum absolute atomic E-state index is 13.6. The minimum absolute atomic E-state index is 0.152. The maximum Gasteiger partial charge on any atom is 0.325 e. The molecule has 0 aromatic heterocycles. The van der Waals surface area contributed by atoms with Crippen LogP contribution in [0.5, 0.6) is 5.75 Å². The number of hydrogen-bond acceptors (Lipinski definition) is 4. The second-order valence-electron chi connectivity index (χ2n) is 8.80. The minimum Gasteiger partial charge on any atom is -0.497 e. The van der Waals surface area contributed by atoms with Crippen LogP contribution >= 0.6 is 0 Å². The Kier molecular flexibility index (Phi) is 6.67. The van der Waals surface area contributed by atoms with Gasteiger partial charge in [-0.1, -0.05) is 62.2 Å². The Morgan fingerprint density at radius 2 is 1.82 bits per heavy atom. The van der Waals surface area contributed by atoms with Gasteiger partial charge in [-0.05, 0) is 42.5 Å². The Hall–Kier alpha value is -3.35. The zero-order valence-electron chi connectivity index (χ0n) is 19.3. The highest BCUT2D eigenvalue weighted by Crippen LogP contribution is 2.35. The fourth-order valence-corrected chi connectivity index (χ4v) is 4.40. The zero-order valence-corrected chi connectivity index (χ0v) is 19.3. The number of nitrogens with one attached hydrogen (secondary N) is 1. The van der Waals surface area contributed by atoms with E-state index in [0.29, 0.717) is 13.0 Å². The Morgan fingerprint density at radius 1 is 1.12 bits per heavy atom. The first-order valence-electron chi connectivity index (χ1n) is 11.6. The molecule has 2 aromatic rings. The van der Waals surface area contributed by atoms with Gasteiger partial charge in [-0.25, -0.2) is 4.79 Å². The SMILES string of the molecule is CCCCC1(c2ccccc2)NC(=O)N(CC(=O)N(Cc2ccc(OC)cc2)C2CC2)C1=O. The molecule has 4 amide bonds. The highest BCUT2D eigenvalue weighted by atomic mass is 16.5. The molecule has 1 saturated heterocycles. The monoisotopic (exact) mass is 449 g/mol. The van der Waals surface area contributed by atoms with Gasteiger partial charge >= 0.3 is 6.03 Å².